The minimum atomic E-state index is -3.60. The van der Waals surface area contributed by atoms with Gasteiger partial charge in [0.15, 0.2) is 0 Å². The Bertz CT molecular complexity index is 461. The smallest absolute Gasteiger partial charge is 0.245 e. The fourth-order valence-electron chi connectivity index (χ4n) is 2.09. The molecular weight excluding hydrogens is 282 g/mol. The summed E-state index contributed by atoms with van der Waals surface area (Å²) >= 11 is 0. The molecule has 20 heavy (non-hydrogen) atoms. The summed E-state index contributed by atoms with van der Waals surface area (Å²) in [7, 11) is -3.60. The number of nitrogens with zero attached hydrogens (tertiary/aromatic N) is 1. The molecule has 0 saturated carbocycles. The average molecular weight is 305 g/mol. The molecule has 7 nitrogen and oxygen atoms in total. The van der Waals surface area contributed by atoms with E-state index in [9.17, 15) is 18.0 Å². The number of carbonyl (C=O) groups is 2. The van der Waals surface area contributed by atoms with Crippen LogP contribution in [-0.2, 0) is 19.6 Å². The van der Waals surface area contributed by atoms with E-state index in [0.717, 1.165) is 4.31 Å². The molecule has 0 aromatic carbocycles. The van der Waals surface area contributed by atoms with Gasteiger partial charge >= 0.3 is 0 Å². The van der Waals surface area contributed by atoms with Crippen LogP contribution in [0.3, 0.4) is 0 Å². The van der Waals surface area contributed by atoms with Crippen LogP contribution in [-0.4, -0.2) is 55.5 Å². The molecule has 116 valence electrons. The van der Waals surface area contributed by atoms with Gasteiger partial charge in [0.05, 0.1) is 12.3 Å². The van der Waals surface area contributed by atoms with Crippen LogP contribution in [0.4, 0.5) is 0 Å². The first-order valence-electron chi connectivity index (χ1n) is 6.84. The van der Waals surface area contributed by atoms with Crippen molar-refractivity contribution in [1.29, 1.82) is 0 Å². The van der Waals surface area contributed by atoms with Crippen molar-refractivity contribution in [3.8, 4) is 0 Å². The van der Waals surface area contributed by atoms with Crippen molar-refractivity contribution in [2.24, 2.45) is 0 Å². The highest BCUT2D eigenvalue weighted by Crippen LogP contribution is 2.15. The van der Waals surface area contributed by atoms with Gasteiger partial charge in [-0.3, -0.25) is 14.9 Å². The molecule has 2 amide bonds. The monoisotopic (exact) mass is 305 g/mol. The van der Waals surface area contributed by atoms with E-state index in [4.69, 9.17) is 0 Å². The number of amides is 2. The molecule has 1 unspecified atom stereocenters. The molecule has 1 heterocycles. The minimum absolute atomic E-state index is 0.0657. The summed E-state index contributed by atoms with van der Waals surface area (Å²) in [6.45, 7) is 6.00. The van der Waals surface area contributed by atoms with Gasteiger partial charge in [0.25, 0.3) is 0 Å². The Morgan fingerprint density at radius 1 is 1.40 bits per heavy atom. The molecule has 1 rings (SSSR count). The summed E-state index contributed by atoms with van der Waals surface area (Å²) in [5.41, 5.74) is 0. The van der Waals surface area contributed by atoms with E-state index in [-0.39, 0.29) is 12.3 Å². The predicted octanol–water partition coefficient (Wildman–Crippen LogP) is -0.559. The van der Waals surface area contributed by atoms with Crippen LogP contribution in [0.1, 0.15) is 33.6 Å². The Hall–Kier alpha value is -0.990. The average Bonchev–Trinajstić information content (AvgIpc) is 2.33. The van der Waals surface area contributed by atoms with Crippen molar-refractivity contribution in [3.05, 3.63) is 0 Å². The minimum Gasteiger partial charge on any atom is -0.314 e. The summed E-state index contributed by atoms with van der Waals surface area (Å²) in [5.74, 6) is -1.17. The summed E-state index contributed by atoms with van der Waals surface area (Å²) in [4.78, 5) is 23.0. The van der Waals surface area contributed by atoms with Crippen LogP contribution < -0.4 is 10.6 Å². The SMILES string of the molecule is CCC1C(=O)NC(=O)CN1S(=O)(=O)CCCNC(C)C. The van der Waals surface area contributed by atoms with Crippen molar-refractivity contribution in [2.45, 2.75) is 45.7 Å². The maximum absolute atomic E-state index is 12.3. The van der Waals surface area contributed by atoms with Crippen LogP contribution in [0, 0.1) is 0 Å². The zero-order valence-corrected chi connectivity index (χ0v) is 13.0. The molecule has 0 aromatic heterocycles. The number of hydrogen-bond donors (Lipinski definition) is 2. The van der Waals surface area contributed by atoms with Gasteiger partial charge in [-0.25, -0.2) is 8.42 Å². The lowest BCUT2D eigenvalue weighted by molar-refractivity contribution is -0.137. The Morgan fingerprint density at radius 2 is 2.05 bits per heavy atom. The molecule has 0 radical (unpaired) electrons. The second-order valence-corrected chi connectivity index (χ2v) is 7.20. The molecule has 0 aromatic rings. The zero-order chi connectivity index (χ0) is 15.3. The van der Waals surface area contributed by atoms with Crippen molar-refractivity contribution in [2.75, 3.05) is 18.8 Å². The number of sulfonamides is 1. The van der Waals surface area contributed by atoms with Crippen LogP contribution in [0.25, 0.3) is 0 Å². The van der Waals surface area contributed by atoms with Gasteiger partial charge in [0.2, 0.25) is 21.8 Å². The number of rotatable bonds is 7. The van der Waals surface area contributed by atoms with Gasteiger partial charge in [-0.2, -0.15) is 4.31 Å². The third-order valence-corrected chi connectivity index (χ3v) is 4.99. The Balaban J connectivity index is 2.68. The number of imide groups is 1. The Labute approximate surface area is 120 Å². The fraction of sp³-hybridized carbons (Fsp3) is 0.833. The van der Waals surface area contributed by atoms with E-state index in [1.54, 1.807) is 6.92 Å². The van der Waals surface area contributed by atoms with Gasteiger partial charge in [-0.1, -0.05) is 20.8 Å². The zero-order valence-electron chi connectivity index (χ0n) is 12.2. The fourth-order valence-corrected chi connectivity index (χ4v) is 3.78. The molecule has 1 fully saturated rings. The second kappa shape index (κ2) is 7.14. The highest BCUT2D eigenvalue weighted by atomic mass is 32.2. The number of hydrogen-bond acceptors (Lipinski definition) is 5. The largest absolute Gasteiger partial charge is 0.314 e. The standard InChI is InChI=1S/C12H23N3O4S/c1-4-10-12(17)14-11(16)8-15(10)20(18,19)7-5-6-13-9(2)3/h9-10,13H,4-8H2,1-3H3,(H,14,16,17). The van der Waals surface area contributed by atoms with Gasteiger partial charge in [0.1, 0.15) is 6.04 Å². The summed E-state index contributed by atoms with van der Waals surface area (Å²) in [5, 5.41) is 5.30. The van der Waals surface area contributed by atoms with E-state index in [1.165, 1.54) is 0 Å². The lowest BCUT2D eigenvalue weighted by Crippen LogP contribution is -2.59. The third-order valence-electron chi connectivity index (χ3n) is 3.09. The van der Waals surface area contributed by atoms with E-state index in [1.807, 2.05) is 13.8 Å². The lowest BCUT2D eigenvalue weighted by Gasteiger charge is -2.32. The molecule has 8 heteroatoms. The molecule has 1 aliphatic heterocycles. The molecule has 0 spiro atoms. The van der Waals surface area contributed by atoms with E-state index in [0.29, 0.717) is 25.4 Å². The first kappa shape index (κ1) is 17.1. The molecule has 0 aliphatic carbocycles. The molecule has 2 N–H and O–H groups in total. The number of piperazine rings is 1. The van der Waals surface area contributed by atoms with Crippen molar-refractivity contribution in [3.63, 3.8) is 0 Å². The van der Waals surface area contributed by atoms with Gasteiger partial charge in [-0.05, 0) is 19.4 Å². The van der Waals surface area contributed by atoms with E-state index in [2.05, 4.69) is 10.6 Å². The molecule has 1 atom stereocenters. The highest BCUT2D eigenvalue weighted by molar-refractivity contribution is 7.89. The second-order valence-electron chi connectivity index (χ2n) is 5.16. The maximum atomic E-state index is 12.3. The third kappa shape index (κ3) is 4.53. The Kier molecular flexibility index (Phi) is 6.09. The van der Waals surface area contributed by atoms with Gasteiger partial charge in [-0.15, -0.1) is 0 Å². The number of carbonyl (C=O) groups excluding carboxylic acids is 2. The summed E-state index contributed by atoms with van der Waals surface area (Å²) in [6, 6.07) is -0.487. The van der Waals surface area contributed by atoms with Gasteiger partial charge in [0, 0.05) is 6.04 Å². The Morgan fingerprint density at radius 3 is 2.60 bits per heavy atom. The quantitative estimate of drug-likeness (QED) is 0.486. The molecule has 1 aliphatic rings. The van der Waals surface area contributed by atoms with Crippen LogP contribution in [0.15, 0.2) is 0 Å². The maximum Gasteiger partial charge on any atom is 0.245 e. The molecule has 0 bridgehead atoms. The predicted molar refractivity (Wildman–Crippen MR) is 75.5 cm³/mol. The summed E-state index contributed by atoms with van der Waals surface area (Å²) in [6.07, 6.45) is 0.797. The van der Waals surface area contributed by atoms with Gasteiger partial charge < -0.3 is 5.32 Å². The van der Waals surface area contributed by atoms with Crippen molar-refractivity contribution in [1.82, 2.24) is 14.9 Å². The molecular formula is C12H23N3O4S. The normalized spacial score (nSPS) is 21.3. The first-order valence-corrected chi connectivity index (χ1v) is 8.45. The van der Waals surface area contributed by atoms with Crippen LogP contribution >= 0.6 is 0 Å². The molecule has 1 saturated heterocycles. The van der Waals surface area contributed by atoms with E-state index >= 15 is 0 Å². The number of nitrogens with one attached hydrogen (secondary N) is 2. The van der Waals surface area contributed by atoms with Crippen molar-refractivity contribution < 1.29 is 18.0 Å². The first-order chi connectivity index (χ1) is 9.27. The van der Waals surface area contributed by atoms with Crippen LogP contribution in [0.2, 0.25) is 0 Å². The lowest BCUT2D eigenvalue weighted by atomic mass is 10.2. The van der Waals surface area contributed by atoms with Crippen molar-refractivity contribution >= 4 is 21.8 Å². The topological polar surface area (TPSA) is 95.6 Å². The summed E-state index contributed by atoms with van der Waals surface area (Å²) < 4.78 is 25.5. The van der Waals surface area contributed by atoms with Crippen LogP contribution in [0.5, 0.6) is 0 Å². The van der Waals surface area contributed by atoms with E-state index < -0.39 is 27.9 Å². The highest BCUT2D eigenvalue weighted by Gasteiger charge is 2.39.